The molecule has 0 fully saturated rings. The van der Waals surface area contributed by atoms with Crippen molar-refractivity contribution in [2.45, 2.75) is 6.54 Å². The van der Waals surface area contributed by atoms with Crippen LogP contribution in [-0.2, 0) is 6.54 Å². The van der Waals surface area contributed by atoms with E-state index in [1.165, 1.54) is 0 Å². The first kappa shape index (κ1) is 13.1. The summed E-state index contributed by atoms with van der Waals surface area (Å²) in [6.07, 6.45) is 1.67. The molecule has 2 N–H and O–H groups in total. The molecule has 3 rings (SSSR count). The van der Waals surface area contributed by atoms with Crippen molar-refractivity contribution in [1.29, 1.82) is 0 Å². The van der Waals surface area contributed by atoms with Gasteiger partial charge in [-0.05, 0) is 29.8 Å². The topological polar surface area (TPSA) is 75.1 Å². The van der Waals surface area contributed by atoms with Crippen LogP contribution in [0.3, 0.4) is 0 Å². The molecule has 0 aliphatic heterocycles. The van der Waals surface area contributed by atoms with Crippen LogP contribution in [0.25, 0.3) is 11.0 Å². The van der Waals surface area contributed by atoms with Crippen LogP contribution in [0, 0.1) is 0 Å². The third-order valence-electron chi connectivity index (χ3n) is 3.10. The molecule has 0 amide bonds. The number of rotatable bonds is 4. The number of hydrogen-bond acceptors (Lipinski definition) is 4. The first-order chi connectivity index (χ1) is 10.2. The second-order valence-electron chi connectivity index (χ2n) is 4.60. The fourth-order valence-electron chi connectivity index (χ4n) is 2.05. The number of fused-ring (bicyclic) bond motifs is 1. The average Bonchev–Trinajstić information content (AvgIpc) is 2.53. The number of carbonyl (C=O) groups is 1. The summed E-state index contributed by atoms with van der Waals surface area (Å²) in [5.41, 5.74) is 2.82. The molecule has 0 radical (unpaired) electrons. The lowest BCUT2D eigenvalue weighted by atomic mass is 10.1. The van der Waals surface area contributed by atoms with E-state index in [0.29, 0.717) is 12.4 Å². The van der Waals surface area contributed by atoms with Crippen molar-refractivity contribution in [2.24, 2.45) is 0 Å². The van der Waals surface area contributed by atoms with Crippen molar-refractivity contribution in [3.63, 3.8) is 0 Å². The fraction of sp³-hybridized carbons (Fsp3) is 0.0625. The number of aromatic nitrogens is 2. The third kappa shape index (κ3) is 2.97. The van der Waals surface area contributed by atoms with Crippen LogP contribution in [-0.4, -0.2) is 21.0 Å². The van der Waals surface area contributed by atoms with Gasteiger partial charge in [-0.1, -0.05) is 24.3 Å². The number of para-hydroxylation sites is 2. The van der Waals surface area contributed by atoms with E-state index in [-0.39, 0.29) is 5.56 Å². The van der Waals surface area contributed by atoms with Gasteiger partial charge in [0.25, 0.3) is 0 Å². The molecule has 0 saturated heterocycles. The maximum Gasteiger partial charge on any atom is 0.335 e. The van der Waals surface area contributed by atoms with Crippen molar-refractivity contribution in [3.05, 3.63) is 65.9 Å². The highest BCUT2D eigenvalue weighted by molar-refractivity contribution is 5.87. The van der Waals surface area contributed by atoms with Crippen molar-refractivity contribution < 1.29 is 9.90 Å². The van der Waals surface area contributed by atoms with Crippen molar-refractivity contribution in [1.82, 2.24) is 9.97 Å². The number of hydrogen-bond donors (Lipinski definition) is 2. The molecule has 0 aliphatic rings. The Morgan fingerprint density at radius 1 is 1.10 bits per heavy atom. The zero-order valence-corrected chi connectivity index (χ0v) is 11.2. The molecular formula is C16H13N3O2. The Hall–Kier alpha value is -2.95. The standard InChI is InChI=1S/C16H13N3O2/c20-16(21)12-5-3-4-11(8-12)9-18-15-10-17-13-6-1-2-7-14(13)19-15/h1-8,10H,9H2,(H,18,19)(H,20,21). The number of nitrogens with zero attached hydrogens (tertiary/aromatic N) is 2. The summed E-state index contributed by atoms with van der Waals surface area (Å²) >= 11 is 0. The van der Waals surface area contributed by atoms with Crippen molar-refractivity contribution in [2.75, 3.05) is 5.32 Å². The van der Waals surface area contributed by atoms with E-state index >= 15 is 0 Å². The molecule has 0 bridgehead atoms. The van der Waals surface area contributed by atoms with Crippen LogP contribution in [0.4, 0.5) is 5.82 Å². The zero-order chi connectivity index (χ0) is 14.7. The Morgan fingerprint density at radius 2 is 1.90 bits per heavy atom. The zero-order valence-electron chi connectivity index (χ0n) is 11.2. The fourth-order valence-corrected chi connectivity index (χ4v) is 2.05. The van der Waals surface area contributed by atoms with Crippen LogP contribution >= 0.6 is 0 Å². The quantitative estimate of drug-likeness (QED) is 0.768. The van der Waals surface area contributed by atoms with Gasteiger partial charge in [-0.2, -0.15) is 0 Å². The Balaban J connectivity index is 1.77. The predicted molar refractivity (Wildman–Crippen MR) is 80.3 cm³/mol. The van der Waals surface area contributed by atoms with Crippen LogP contribution in [0.15, 0.2) is 54.7 Å². The second-order valence-corrected chi connectivity index (χ2v) is 4.60. The largest absolute Gasteiger partial charge is 0.478 e. The molecule has 0 unspecified atom stereocenters. The minimum atomic E-state index is -0.928. The summed E-state index contributed by atoms with van der Waals surface area (Å²) in [4.78, 5) is 19.7. The Kier molecular flexibility index (Phi) is 3.47. The van der Waals surface area contributed by atoms with Crippen LogP contribution in [0.2, 0.25) is 0 Å². The van der Waals surface area contributed by atoms with E-state index < -0.39 is 5.97 Å². The summed E-state index contributed by atoms with van der Waals surface area (Å²) < 4.78 is 0. The molecule has 104 valence electrons. The highest BCUT2D eigenvalue weighted by atomic mass is 16.4. The lowest BCUT2D eigenvalue weighted by Crippen LogP contribution is -2.04. The number of anilines is 1. The SMILES string of the molecule is O=C(O)c1cccc(CNc2cnc3ccccc3n2)c1. The summed E-state index contributed by atoms with van der Waals surface area (Å²) in [5, 5.41) is 12.1. The molecule has 2 aromatic carbocycles. The molecule has 0 aliphatic carbocycles. The van der Waals surface area contributed by atoms with Crippen LogP contribution < -0.4 is 5.32 Å². The maximum atomic E-state index is 10.9. The molecule has 0 saturated carbocycles. The van der Waals surface area contributed by atoms with Gasteiger partial charge in [0.15, 0.2) is 0 Å². The number of benzene rings is 2. The summed E-state index contributed by atoms with van der Waals surface area (Å²) in [6, 6.07) is 14.4. The number of carboxylic acids is 1. The third-order valence-corrected chi connectivity index (χ3v) is 3.10. The van der Waals surface area contributed by atoms with Gasteiger partial charge < -0.3 is 10.4 Å². The van der Waals surface area contributed by atoms with Gasteiger partial charge in [0.1, 0.15) is 5.82 Å². The van der Waals surface area contributed by atoms with E-state index in [1.54, 1.807) is 24.4 Å². The van der Waals surface area contributed by atoms with E-state index in [1.807, 2.05) is 30.3 Å². The minimum Gasteiger partial charge on any atom is -0.478 e. The maximum absolute atomic E-state index is 10.9. The molecule has 21 heavy (non-hydrogen) atoms. The summed E-state index contributed by atoms with van der Waals surface area (Å²) in [5.74, 6) is -0.267. The van der Waals surface area contributed by atoms with Gasteiger partial charge in [0.05, 0.1) is 22.8 Å². The average molecular weight is 279 g/mol. The van der Waals surface area contributed by atoms with Crippen LogP contribution in [0.1, 0.15) is 15.9 Å². The Bertz CT molecular complexity index is 802. The number of nitrogens with one attached hydrogen (secondary N) is 1. The van der Waals surface area contributed by atoms with Crippen LogP contribution in [0.5, 0.6) is 0 Å². The van der Waals surface area contributed by atoms with E-state index in [4.69, 9.17) is 5.11 Å². The molecular weight excluding hydrogens is 266 g/mol. The monoisotopic (exact) mass is 279 g/mol. The Labute approximate surface area is 121 Å². The van der Waals surface area contributed by atoms with Gasteiger partial charge in [-0.3, -0.25) is 4.98 Å². The second kappa shape index (κ2) is 5.58. The highest BCUT2D eigenvalue weighted by Crippen LogP contribution is 2.13. The Morgan fingerprint density at radius 3 is 2.71 bits per heavy atom. The van der Waals surface area contributed by atoms with Gasteiger partial charge in [0, 0.05) is 6.54 Å². The number of aromatic carboxylic acids is 1. The molecule has 3 aromatic rings. The van der Waals surface area contributed by atoms with Gasteiger partial charge in [0.2, 0.25) is 0 Å². The van der Waals surface area contributed by atoms with Gasteiger partial charge in [-0.25, -0.2) is 9.78 Å². The first-order valence-electron chi connectivity index (χ1n) is 6.50. The van der Waals surface area contributed by atoms with Gasteiger partial charge >= 0.3 is 5.97 Å². The summed E-state index contributed by atoms with van der Waals surface area (Å²) in [7, 11) is 0. The normalized spacial score (nSPS) is 10.5. The van der Waals surface area contributed by atoms with Gasteiger partial charge in [-0.15, -0.1) is 0 Å². The summed E-state index contributed by atoms with van der Waals surface area (Å²) in [6.45, 7) is 0.494. The molecule has 1 aromatic heterocycles. The molecule has 5 heteroatoms. The first-order valence-corrected chi connectivity index (χ1v) is 6.50. The highest BCUT2D eigenvalue weighted by Gasteiger charge is 2.04. The molecule has 0 spiro atoms. The van der Waals surface area contributed by atoms with E-state index in [9.17, 15) is 4.79 Å². The smallest absolute Gasteiger partial charge is 0.335 e. The van der Waals surface area contributed by atoms with E-state index in [2.05, 4.69) is 15.3 Å². The lowest BCUT2D eigenvalue weighted by molar-refractivity contribution is 0.0697. The lowest BCUT2D eigenvalue weighted by Gasteiger charge is -2.07. The van der Waals surface area contributed by atoms with E-state index in [0.717, 1.165) is 16.6 Å². The van der Waals surface area contributed by atoms with Crippen molar-refractivity contribution >= 4 is 22.8 Å². The minimum absolute atomic E-state index is 0.277. The molecule has 1 heterocycles. The number of carboxylic acid groups (broad SMARTS) is 1. The van der Waals surface area contributed by atoms with Crippen molar-refractivity contribution in [3.8, 4) is 0 Å². The molecule has 0 atom stereocenters. The molecule has 5 nitrogen and oxygen atoms in total. The predicted octanol–water partition coefficient (Wildman–Crippen LogP) is 2.94.